The summed E-state index contributed by atoms with van der Waals surface area (Å²) in [6.07, 6.45) is 1.51. The molecule has 0 fully saturated rings. The number of nitrogens with zero attached hydrogens (tertiary/aromatic N) is 2. The summed E-state index contributed by atoms with van der Waals surface area (Å²) >= 11 is 0. The molecule has 0 aliphatic heterocycles. The molecule has 0 unspecified atom stereocenters. The van der Waals surface area contributed by atoms with E-state index in [-0.39, 0.29) is 12.4 Å². The number of H-pyrrole nitrogens is 2. The van der Waals surface area contributed by atoms with Gasteiger partial charge < -0.3 is 5.32 Å². The van der Waals surface area contributed by atoms with Crippen LogP contribution in [-0.4, -0.2) is 33.8 Å². The average molecular weight is 302 g/mol. The summed E-state index contributed by atoms with van der Waals surface area (Å²) in [5.41, 5.74) is 2.82. The average Bonchev–Trinajstić information content (AvgIpc) is 2.46. The number of hydrogen-bond donors (Lipinski definition) is 4. The molecular formula is C13H14N6O3. The Bertz CT molecular complexity index is 808. The van der Waals surface area contributed by atoms with Crippen LogP contribution >= 0.6 is 0 Å². The fourth-order valence-corrected chi connectivity index (χ4v) is 1.60. The summed E-state index contributed by atoms with van der Waals surface area (Å²) in [7, 11) is 0. The lowest BCUT2D eigenvalue weighted by molar-refractivity contribution is -0.119. The van der Waals surface area contributed by atoms with Crippen LogP contribution in [0, 0.1) is 6.92 Å². The molecule has 1 amide bonds. The molecule has 0 saturated carbocycles. The number of amides is 1. The van der Waals surface area contributed by atoms with Gasteiger partial charge in [-0.05, 0) is 12.5 Å². The Balaban J connectivity index is 1.85. The van der Waals surface area contributed by atoms with Gasteiger partial charge in [-0.3, -0.25) is 14.6 Å². The van der Waals surface area contributed by atoms with E-state index >= 15 is 0 Å². The second kappa shape index (κ2) is 6.97. The number of nitrogens with one attached hydrogen (secondary N) is 4. The number of hydrogen-bond acceptors (Lipinski definition) is 6. The van der Waals surface area contributed by atoms with Crippen LogP contribution in [0.3, 0.4) is 0 Å². The van der Waals surface area contributed by atoms with Gasteiger partial charge in [0.25, 0.3) is 11.5 Å². The van der Waals surface area contributed by atoms with Crippen molar-refractivity contribution >= 4 is 17.9 Å². The van der Waals surface area contributed by atoms with Crippen molar-refractivity contribution in [1.82, 2.24) is 20.6 Å². The zero-order chi connectivity index (χ0) is 15.9. The van der Waals surface area contributed by atoms with E-state index in [4.69, 9.17) is 0 Å². The molecule has 4 N–H and O–H groups in total. The quantitative estimate of drug-likeness (QED) is 0.429. The highest BCUT2D eigenvalue weighted by atomic mass is 16.2. The van der Waals surface area contributed by atoms with Crippen molar-refractivity contribution in [2.75, 3.05) is 11.9 Å². The highest BCUT2D eigenvalue weighted by Gasteiger charge is 2.04. The predicted molar refractivity (Wildman–Crippen MR) is 80.9 cm³/mol. The highest BCUT2D eigenvalue weighted by molar-refractivity contribution is 5.84. The zero-order valence-corrected chi connectivity index (χ0v) is 11.7. The van der Waals surface area contributed by atoms with Crippen LogP contribution < -0.4 is 22.0 Å². The lowest BCUT2D eigenvalue weighted by atomic mass is 10.2. The van der Waals surface area contributed by atoms with E-state index in [1.807, 2.05) is 41.3 Å². The fourth-order valence-electron chi connectivity index (χ4n) is 1.60. The Morgan fingerprint density at radius 3 is 2.95 bits per heavy atom. The van der Waals surface area contributed by atoms with Gasteiger partial charge in [0.05, 0.1) is 12.8 Å². The maximum Gasteiger partial charge on any atom is 0.342 e. The molecule has 114 valence electrons. The fraction of sp³-hybridized carbons (Fsp3) is 0.154. The van der Waals surface area contributed by atoms with Gasteiger partial charge in [0.1, 0.15) is 0 Å². The molecule has 0 atom stereocenters. The Labute approximate surface area is 124 Å². The minimum atomic E-state index is -0.720. The molecule has 9 nitrogen and oxygen atoms in total. The van der Waals surface area contributed by atoms with Crippen LogP contribution in [0.4, 0.5) is 5.82 Å². The molecule has 2 rings (SSSR count). The van der Waals surface area contributed by atoms with Crippen LogP contribution in [0.15, 0.2) is 39.0 Å². The Kier molecular flexibility index (Phi) is 4.81. The SMILES string of the molecule is Cc1cccc(/C=N/NC(=O)CNc2n[nH]c(=O)[nH]c2=O)c1. The molecule has 22 heavy (non-hydrogen) atoms. The topological polar surface area (TPSA) is 132 Å². The van der Waals surface area contributed by atoms with Gasteiger partial charge in [0.2, 0.25) is 5.82 Å². The first-order valence-electron chi connectivity index (χ1n) is 6.36. The Hall–Kier alpha value is -3.23. The maximum absolute atomic E-state index is 11.6. The van der Waals surface area contributed by atoms with Crippen LogP contribution in [0.2, 0.25) is 0 Å². The number of carbonyl (C=O) groups is 1. The monoisotopic (exact) mass is 302 g/mol. The van der Waals surface area contributed by atoms with Crippen molar-refractivity contribution in [2.45, 2.75) is 6.92 Å². The first kappa shape index (κ1) is 15.2. The first-order valence-corrected chi connectivity index (χ1v) is 6.36. The van der Waals surface area contributed by atoms with E-state index in [9.17, 15) is 14.4 Å². The highest BCUT2D eigenvalue weighted by Crippen LogP contribution is 2.00. The molecule has 0 aliphatic carbocycles. The minimum Gasteiger partial charge on any atom is -0.355 e. The summed E-state index contributed by atoms with van der Waals surface area (Å²) < 4.78 is 0. The number of carbonyl (C=O) groups excluding carboxylic acids is 1. The molecule has 0 aliphatic rings. The van der Waals surface area contributed by atoms with Crippen molar-refractivity contribution in [2.24, 2.45) is 5.10 Å². The molecule has 1 heterocycles. The van der Waals surface area contributed by atoms with Crippen LogP contribution in [-0.2, 0) is 4.79 Å². The molecule has 0 saturated heterocycles. The van der Waals surface area contributed by atoms with Crippen LogP contribution in [0.25, 0.3) is 0 Å². The smallest absolute Gasteiger partial charge is 0.342 e. The lowest BCUT2D eigenvalue weighted by Gasteiger charge is -2.02. The van der Waals surface area contributed by atoms with Gasteiger partial charge in [-0.15, -0.1) is 5.10 Å². The summed E-state index contributed by atoms with van der Waals surface area (Å²) in [5, 5.41) is 11.8. The Morgan fingerprint density at radius 1 is 1.41 bits per heavy atom. The number of rotatable bonds is 5. The number of hydrazone groups is 1. The van der Waals surface area contributed by atoms with Crippen LogP contribution in [0.5, 0.6) is 0 Å². The van der Waals surface area contributed by atoms with Gasteiger partial charge in [0.15, 0.2) is 0 Å². The summed E-state index contributed by atoms with van der Waals surface area (Å²) in [6.45, 7) is 1.74. The molecule has 2 aromatic rings. The Morgan fingerprint density at radius 2 is 2.23 bits per heavy atom. The van der Waals surface area contributed by atoms with Crippen molar-refractivity contribution in [1.29, 1.82) is 0 Å². The van der Waals surface area contributed by atoms with Gasteiger partial charge >= 0.3 is 5.69 Å². The van der Waals surface area contributed by atoms with E-state index < -0.39 is 17.2 Å². The predicted octanol–water partition coefficient (Wildman–Crippen LogP) is -0.671. The third-order valence-electron chi connectivity index (χ3n) is 2.57. The number of benzene rings is 1. The molecule has 0 radical (unpaired) electrons. The lowest BCUT2D eigenvalue weighted by Crippen LogP contribution is -2.31. The zero-order valence-electron chi connectivity index (χ0n) is 11.7. The minimum absolute atomic E-state index is 0.155. The third-order valence-corrected chi connectivity index (χ3v) is 2.57. The first-order chi connectivity index (χ1) is 10.5. The largest absolute Gasteiger partial charge is 0.355 e. The normalized spacial score (nSPS) is 10.6. The standard InChI is InChI=1S/C13H14N6O3/c1-8-3-2-4-9(5-8)6-15-17-10(20)7-14-11-12(21)16-13(22)19-18-11/h2-6H,7H2,1H3,(H,14,18)(H,17,20)(H2,16,19,21,22)/b15-6+. The number of aromatic nitrogens is 3. The second-order valence-corrected chi connectivity index (χ2v) is 4.42. The van der Waals surface area contributed by atoms with Gasteiger partial charge in [-0.2, -0.15) is 5.10 Å². The summed E-state index contributed by atoms with van der Waals surface area (Å²) in [6, 6.07) is 7.60. The van der Waals surface area contributed by atoms with E-state index in [1.54, 1.807) is 0 Å². The van der Waals surface area contributed by atoms with Gasteiger partial charge in [-0.25, -0.2) is 15.3 Å². The molecule has 0 spiro atoms. The second-order valence-electron chi connectivity index (χ2n) is 4.42. The third kappa shape index (κ3) is 4.40. The van der Waals surface area contributed by atoms with E-state index in [0.29, 0.717) is 0 Å². The molecule has 1 aromatic heterocycles. The molecule has 9 heteroatoms. The van der Waals surface area contributed by atoms with Crippen molar-refractivity contribution in [3.63, 3.8) is 0 Å². The number of aromatic amines is 2. The molecular weight excluding hydrogens is 288 g/mol. The van der Waals surface area contributed by atoms with Crippen molar-refractivity contribution < 1.29 is 4.79 Å². The van der Waals surface area contributed by atoms with Crippen molar-refractivity contribution in [3.8, 4) is 0 Å². The molecule has 1 aromatic carbocycles. The van der Waals surface area contributed by atoms with E-state index in [1.165, 1.54) is 6.21 Å². The molecule has 0 bridgehead atoms. The van der Waals surface area contributed by atoms with E-state index in [2.05, 4.69) is 20.9 Å². The van der Waals surface area contributed by atoms with Gasteiger partial charge in [-0.1, -0.05) is 29.8 Å². The summed E-state index contributed by atoms with van der Waals surface area (Å²) in [4.78, 5) is 35.6. The number of aryl methyl sites for hydroxylation is 1. The van der Waals surface area contributed by atoms with Crippen LogP contribution in [0.1, 0.15) is 11.1 Å². The van der Waals surface area contributed by atoms with E-state index in [0.717, 1.165) is 11.1 Å². The maximum atomic E-state index is 11.6. The van der Waals surface area contributed by atoms with Crippen molar-refractivity contribution in [3.05, 3.63) is 56.2 Å². The number of anilines is 1. The van der Waals surface area contributed by atoms with Gasteiger partial charge in [0, 0.05) is 0 Å². The summed E-state index contributed by atoms with van der Waals surface area (Å²) in [5.74, 6) is -0.617.